The van der Waals surface area contributed by atoms with Gasteiger partial charge in [-0.3, -0.25) is 9.78 Å². The van der Waals surface area contributed by atoms with E-state index < -0.39 is 0 Å². The lowest BCUT2D eigenvalue weighted by Crippen LogP contribution is -2.35. The highest BCUT2D eigenvalue weighted by atomic mass is 79.9. The molecule has 1 unspecified atom stereocenters. The van der Waals surface area contributed by atoms with E-state index in [4.69, 9.17) is 0 Å². The smallest absolute Gasteiger partial charge is 0.254 e. The summed E-state index contributed by atoms with van der Waals surface area (Å²) in [5.41, 5.74) is 1.67. The van der Waals surface area contributed by atoms with Crippen LogP contribution in [0.2, 0.25) is 0 Å². The highest BCUT2D eigenvalue weighted by Gasteiger charge is 2.28. The predicted octanol–water partition coefficient (Wildman–Crippen LogP) is 3.17. The zero-order valence-corrected chi connectivity index (χ0v) is 12.3. The summed E-state index contributed by atoms with van der Waals surface area (Å²) in [5, 5.41) is 1.01. The van der Waals surface area contributed by atoms with Crippen molar-refractivity contribution in [3.8, 4) is 0 Å². The van der Waals surface area contributed by atoms with Crippen molar-refractivity contribution >= 4 is 21.8 Å². The van der Waals surface area contributed by atoms with Crippen LogP contribution in [0, 0.1) is 6.92 Å². The number of amides is 1. The molecule has 1 saturated heterocycles. The highest BCUT2D eigenvalue weighted by molar-refractivity contribution is 9.09. The van der Waals surface area contributed by atoms with Crippen LogP contribution in [0.3, 0.4) is 0 Å². The molecule has 98 valence electrons. The lowest BCUT2D eigenvalue weighted by atomic mass is 10.1. The van der Waals surface area contributed by atoms with E-state index in [-0.39, 0.29) is 5.91 Å². The fraction of sp³-hybridized carbons (Fsp3) is 0.571. The van der Waals surface area contributed by atoms with Crippen LogP contribution in [-0.2, 0) is 0 Å². The summed E-state index contributed by atoms with van der Waals surface area (Å²) >= 11 is 3.46. The van der Waals surface area contributed by atoms with E-state index in [9.17, 15) is 4.79 Å². The van der Waals surface area contributed by atoms with Gasteiger partial charge in [0.1, 0.15) is 0 Å². The van der Waals surface area contributed by atoms with Gasteiger partial charge in [0.2, 0.25) is 0 Å². The molecule has 0 radical (unpaired) electrons. The van der Waals surface area contributed by atoms with E-state index in [2.05, 4.69) is 20.9 Å². The molecule has 0 spiro atoms. The van der Waals surface area contributed by atoms with Crippen molar-refractivity contribution < 1.29 is 4.79 Å². The Balaban J connectivity index is 2.08. The average molecular weight is 311 g/mol. The third kappa shape index (κ3) is 3.10. The van der Waals surface area contributed by atoms with Gasteiger partial charge in [-0.15, -0.1) is 0 Å². The van der Waals surface area contributed by atoms with Gasteiger partial charge in [-0.25, -0.2) is 0 Å². The summed E-state index contributed by atoms with van der Waals surface area (Å²) in [6.07, 6.45) is 6.21. The van der Waals surface area contributed by atoms with E-state index >= 15 is 0 Å². The molecule has 1 aliphatic rings. The number of likely N-dealkylation sites (tertiary alicyclic amines) is 1. The second-order valence-corrected chi connectivity index (χ2v) is 5.60. The van der Waals surface area contributed by atoms with Crippen LogP contribution in [0.1, 0.15) is 41.7 Å². The zero-order valence-electron chi connectivity index (χ0n) is 10.7. The minimum atomic E-state index is 0.164. The quantitative estimate of drug-likeness (QED) is 0.800. The van der Waals surface area contributed by atoms with Crippen LogP contribution in [0.25, 0.3) is 0 Å². The summed E-state index contributed by atoms with van der Waals surface area (Å²) < 4.78 is 0. The molecule has 0 aliphatic carbocycles. The van der Waals surface area contributed by atoms with Gasteiger partial charge in [-0.2, -0.15) is 0 Å². The van der Waals surface area contributed by atoms with Crippen molar-refractivity contribution in [3.63, 3.8) is 0 Å². The Bertz CT molecular complexity index is 422. The summed E-state index contributed by atoms with van der Waals surface area (Å²) in [5.74, 6) is 0.164. The molecule has 1 aliphatic heterocycles. The highest BCUT2D eigenvalue weighted by Crippen LogP contribution is 2.23. The Morgan fingerprint density at radius 3 is 3.17 bits per heavy atom. The number of pyridine rings is 1. The third-order valence-electron chi connectivity index (χ3n) is 3.45. The Morgan fingerprint density at radius 1 is 1.61 bits per heavy atom. The fourth-order valence-electron chi connectivity index (χ4n) is 2.56. The molecular formula is C14H19BrN2O. The molecule has 0 bridgehead atoms. The second-order valence-electron chi connectivity index (χ2n) is 4.81. The van der Waals surface area contributed by atoms with Crippen LogP contribution in [0.4, 0.5) is 0 Å². The number of hydrogen-bond donors (Lipinski definition) is 0. The van der Waals surface area contributed by atoms with Crippen LogP contribution >= 0.6 is 15.9 Å². The van der Waals surface area contributed by atoms with E-state index in [0.29, 0.717) is 6.04 Å². The Kier molecular flexibility index (Phi) is 4.75. The molecule has 1 atom stereocenters. The molecule has 1 fully saturated rings. The number of carbonyl (C=O) groups is 1. The molecule has 0 saturated carbocycles. The molecule has 2 heterocycles. The molecule has 18 heavy (non-hydrogen) atoms. The maximum Gasteiger partial charge on any atom is 0.254 e. The van der Waals surface area contributed by atoms with Crippen LogP contribution in [0.15, 0.2) is 18.3 Å². The number of carbonyl (C=O) groups excluding carboxylic acids is 1. The van der Waals surface area contributed by atoms with Gasteiger partial charge >= 0.3 is 0 Å². The minimum Gasteiger partial charge on any atom is -0.336 e. The number of aromatic nitrogens is 1. The molecule has 0 N–H and O–H groups in total. The first-order valence-corrected chi connectivity index (χ1v) is 7.64. The van der Waals surface area contributed by atoms with Crippen molar-refractivity contribution in [2.45, 2.75) is 38.6 Å². The van der Waals surface area contributed by atoms with Crippen molar-refractivity contribution in [3.05, 3.63) is 29.6 Å². The first kappa shape index (κ1) is 13.5. The van der Waals surface area contributed by atoms with E-state index in [0.717, 1.165) is 48.8 Å². The Hall–Kier alpha value is -0.900. The maximum atomic E-state index is 12.5. The van der Waals surface area contributed by atoms with Gasteiger partial charge < -0.3 is 4.90 Å². The molecule has 1 aromatic heterocycles. The number of aryl methyl sites for hydroxylation is 1. The molecule has 0 aromatic carbocycles. The standard InChI is InChI=1S/C14H19BrN2O/c1-11-10-12(6-8-16-11)14(18)17-9-3-5-13(17)4-2-7-15/h6,8,10,13H,2-5,7,9H2,1H3. The Morgan fingerprint density at radius 2 is 2.44 bits per heavy atom. The van der Waals surface area contributed by atoms with Crippen LogP contribution in [-0.4, -0.2) is 33.7 Å². The third-order valence-corrected chi connectivity index (χ3v) is 4.01. The second kappa shape index (κ2) is 6.32. The number of nitrogens with zero attached hydrogens (tertiary/aromatic N) is 2. The summed E-state index contributed by atoms with van der Waals surface area (Å²) in [6, 6.07) is 4.11. The molecule has 2 rings (SSSR count). The fourth-order valence-corrected chi connectivity index (χ4v) is 2.88. The maximum absolute atomic E-state index is 12.5. The lowest BCUT2D eigenvalue weighted by Gasteiger charge is -2.24. The number of alkyl halides is 1. The molecule has 1 amide bonds. The van der Waals surface area contributed by atoms with Gasteiger partial charge in [0, 0.05) is 35.4 Å². The van der Waals surface area contributed by atoms with Gasteiger partial charge in [0.05, 0.1) is 0 Å². The average Bonchev–Trinajstić information content (AvgIpc) is 2.83. The van der Waals surface area contributed by atoms with E-state index in [1.165, 1.54) is 0 Å². The zero-order chi connectivity index (χ0) is 13.0. The van der Waals surface area contributed by atoms with Gasteiger partial charge in [-0.1, -0.05) is 15.9 Å². The first-order valence-electron chi connectivity index (χ1n) is 6.52. The number of halogens is 1. The van der Waals surface area contributed by atoms with Crippen LogP contribution in [0.5, 0.6) is 0 Å². The largest absolute Gasteiger partial charge is 0.336 e. The SMILES string of the molecule is Cc1cc(C(=O)N2CCCC2CCCBr)ccn1. The summed E-state index contributed by atoms with van der Waals surface area (Å²) in [6.45, 7) is 2.82. The predicted molar refractivity (Wildman–Crippen MR) is 76.1 cm³/mol. The topological polar surface area (TPSA) is 33.2 Å². The first-order chi connectivity index (χ1) is 8.72. The monoisotopic (exact) mass is 310 g/mol. The number of hydrogen-bond acceptors (Lipinski definition) is 2. The van der Waals surface area contributed by atoms with Crippen molar-refractivity contribution in [1.82, 2.24) is 9.88 Å². The summed E-state index contributed by atoms with van der Waals surface area (Å²) in [4.78, 5) is 18.6. The van der Waals surface area contributed by atoms with E-state index in [1.807, 2.05) is 24.0 Å². The Labute approximate surface area is 117 Å². The van der Waals surface area contributed by atoms with Gasteiger partial charge in [0.25, 0.3) is 5.91 Å². The van der Waals surface area contributed by atoms with Gasteiger partial charge in [-0.05, 0) is 44.7 Å². The van der Waals surface area contributed by atoms with Crippen molar-refractivity contribution in [2.24, 2.45) is 0 Å². The van der Waals surface area contributed by atoms with Gasteiger partial charge in [0.15, 0.2) is 0 Å². The minimum absolute atomic E-state index is 0.164. The molecule has 1 aromatic rings. The number of rotatable bonds is 4. The van der Waals surface area contributed by atoms with E-state index in [1.54, 1.807) is 6.20 Å². The molecular weight excluding hydrogens is 292 g/mol. The molecule has 4 heteroatoms. The summed E-state index contributed by atoms with van der Waals surface area (Å²) in [7, 11) is 0. The van der Waals surface area contributed by atoms with Crippen molar-refractivity contribution in [1.29, 1.82) is 0 Å². The normalized spacial score (nSPS) is 19.2. The van der Waals surface area contributed by atoms with Crippen molar-refractivity contribution in [2.75, 3.05) is 11.9 Å². The molecule has 3 nitrogen and oxygen atoms in total. The van der Waals surface area contributed by atoms with Crippen LogP contribution < -0.4 is 0 Å². The lowest BCUT2D eigenvalue weighted by molar-refractivity contribution is 0.0730.